The third-order valence-electron chi connectivity index (χ3n) is 3.11. The quantitative estimate of drug-likeness (QED) is 0.808. The first-order valence-electron chi connectivity index (χ1n) is 6.91. The third-order valence-corrected chi connectivity index (χ3v) is 3.23. The fourth-order valence-corrected chi connectivity index (χ4v) is 2.35. The largest absolute Gasteiger partial charge is 0.487 e. The van der Waals surface area contributed by atoms with Crippen LogP contribution in [0.1, 0.15) is 53.4 Å². The minimum atomic E-state index is -0.463. The van der Waals surface area contributed by atoms with E-state index in [4.69, 9.17) is 21.7 Å². The van der Waals surface area contributed by atoms with Crippen LogP contribution in [0.3, 0.4) is 0 Å². The second-order valence-corrected chi connectivity index (χ2v) is 6.67. The van der Waals surface area contributed by atoms with E-state index in [-0.39, 0.29) is 12.1 Å². The molecule has 1 unspecified atom stereocenters. The van der Waals surface area contributed by atoms with Crippen molar-refractivity contribution in [3.8, 4) is 0 Å². The fourth-order valence-electron chi connectivity index (χ4n) is 2.28. The molecule has 110 valence electrons. The molecule has 1 aliphatic rings. The highest BCUT2D eigenvalue weighted by molar-refractivity contribution is 7.80. The zero-order valence-electron chi connectivity index (χ0n) is 12.3. The zero-order valence-corrected chi connectivity index (χ0v) is 13.1. The Morgan fingerprint density at radius 2 is 1.95 bits per heavy atom. The molecule has 0 bridgehead atoms. The highest BCUT2D eigenvalue weighted by atomic mass is 32.1. The van der Waals surface area contributed by atoms with E-state index in [9.17, 15) is 4.79 Å². The lowest BCUT2D eigenvalue weighted by atomic mass is 9.85. The van der Waals surface area contributed by atoms with Crippen molar-refractivity contribution in [2.75, 3.05) is 6.61 Å². The topological polar surface area (TPSA) is 47.6 Å². The van der Waals surface area contributed by atoms with Gasteiger partial charge in [0.05, 0.1) is 6.61 Å². The van der Waals surface area contributed by atoms with Gasteiger partial charge >= 0.3 is 6.09 Å². The van der Waals surface area contributed by atoms with Gasteiger partial charge in [-0.2, -0.15) is 0 Å². The first-order valence-corrected chi connectivity index (χ1v) is 7.31. The van der Waals surface area contributed by atoms with Crippen LogP contribution in [-0.4, -0.2) is 29.4 Å². The number of carbonyl (C=O) groups excluding carboxylic acids is 1. The number of rotatable bonds is 3. The summed E-state index contributed by atoms with van der Waals surface area (Å²) in [5.74, 6) is 0.319. The maximum absolute atomic E-state index is 11.8. The van der Waals surface area contributed by atoms with Gasteiger partial charge < -0.3 is 14.8 Å². The van der Waals surface area contributed by atoms with Gasteiger partial charge in [-0.1, -0.05) is 12.8 Å². The highest BCUT2D eigenvalue weighted by Crippen LogP contribution is 2.25. The maximum atomic E-state index is 11.8. The number of alkyl carbamates (subject to hydrolysis) is 1. The van der Waals surface area contributed by atoms with E-state index in [1.165, 1.54) is 6.42 Å². The standard InChI is InChI=1S/C14H25NO3S/c1-10(19)17-9-11-7-5-6-8-12(11)15-13(16)18-14(2,3)4/h11-12H,5-9H2,1-4H3,(H,15,16)/t11?,12-/m0/s1. The van der Waals surface area contributed by atoms with Crippen LogP contribution in [0.2, 0.25) is 0 Å². The average molecular weight is 287 g/mol. The SMILES string of the molecule is CC(=S)OCC1CCCC[C@@H]1NC(=O)OC(C)(C)C. The Hall–Kier alpha value is -0.840. The Balaban J connectivity index is 2.47. The molecule has 0 radical (unpaired) electrons. The minimum Gasteiger partial charge on any atom is -0.487 e. The summed E-state index contributed by atoms with van der Waals surface area (Å²) in [6.45, 7) is 7.95. The van der Waals surface area contributed by atoms with E-state index in [1.807, 2.05) is 20.8 Å². The second-order valence-electron chi connectivity index (χ2n) is 6.10. The van der Waals surface area contributed by atoms with Gasteiger partial charge in [-0.3, -0.25) is 0 Å². The average Bonchev–Trinajstić information content (AvgIpc) is 2.25. The number of carbonyl (C=O) groups is 1. The smallest absolute Gasteiger partial charge is 0.407 e. The van der Waals surface area contributed by atoms with Crippen molar-refractivity contribution in [3.63, 3.8) is 0 Å². The number of ether oxygens (including phenoxy) is 2. The molecule has 1 saturated carbocycles. The molecule has 1 aliphatic carbocycles. The summed E-state index contributed by atoms with van der Waals surface area (Å²) in [6, 6.07) is 0.123. The molecular formula is C14H25NO3S. The first-order chi connectivity index (χ1) is 8.78. The number of nitrogens with one attached hydrogen (secondary N) is 1. The van der Waals surface area contributed by atoms with Crippen molar-refractivity contribution < 1.29 is 14.3 Å². The van der Waals surface area contributed by atoms with E-state index >= 15 is 0 Å². The van der Waals surface area contributed by atoms with Crippen molar-refractivity contribution in [1.82, 2.24) is 5.32 Å². The lowest BCUT2D eigenvalue weighted by Crippen LogP contribution is -2.45. The molecule has 2 atom stereocenters. The molecule has 19 heavy (non-hydrogen) atoms. The molecule has 5 heteroatoms. The molecule has 0 aromatic carbocycles. The third kappa shape index (κ3) is 6.76. The van der Waals surface area contributed by atoms with Crippen LogP contribution < -0.4 is 5.32 Å². The van der Waals surface area contributed by atoms with Crippen LogP contribution in [-0.2, 0) is 9.47 Å². The molecule has 4 nitrogen and oxygen atoms in total. The van der Waals surface area contributed by atoms with E-state index in [0.717, 1.165) is 19.3 Å². The van der Waals surface area contributed by atoms with Crippen molar-refractivity contribution in [2.24, 2.45) is 5.92 Å². The number of amides is 1. The fraction of sp³-hybridized carbons (Fsp3) is 0.857. The maximum Gasteiger partial charge on any atom is 0.407 e. The van der Waals surface area contributed by atoms with E-state index in [2.05, 4.69) is 5.32 Å². The lowest BCUT2D eigenvalue weighted by Gasteiger charge is -2.32. The molecule has 0 aromatic heterocycles. The Labute approximate surface area is 121 Å². The molecule has 0 heterocycles. The molecule has 1 rings (SSSR count). The van der Waals surface area contributed by atoms with E-state index in [1.54, 1.807) is 6.92 Å². The molecule has 0 spiro atoms. The van der Waals surface area contributed by atoms with Gasteiger partial charge in [0.1, 0.15) is 5.60 Å². The van der Waals surface area contributed by atoms with Gasteiger partial charge in [0.2, 0.25) is 0 Å². The minimum absolute atomic E-state index is 0.123. The Kier molecular flexibility index (Phi) is 6.04. The Morgan fingerprint density at radius 1 is 1.32 bits per heavy atom. The van der Waals surface area contributed by atoms with Crippen LogP contribution in [0.15, 0.2) is 0 Å². The van der Waals surface area contributed by atoms with Gasteiger partial charge in [0.25, 0.3) is 0 Å². The van der Waals surface area contributed by atoms with Gasteiger partial charge in [-0.15, -0.1) is 0 Å². The summed E-state index contributed by atoms with van der Waals surface area (Å²) < 4.78 is 10.7. The summed E-state index contributed by atoms with van der Waals surface area (Å²) in [7, 11) is 0. The molecule has 1 N–H and O–H groups in total. The number of hydrogen-bond acceptors (Lipinski definition) is 4. The zero-order chi connectivity index (χ0) is 14.5. The summed E-state index contributed by atoms with van der Waals surface area (Å²) in [6.07, 6.45) is 4.00. The monoisotopic (exact) mass is 287 g/mol. The normalized spacial score (nSPS) is 23.6. The summed E-state index contributed by atoms with van der Waals surface area (Å²) in [5, 5.41) is 3.52. The predicted octanol–water partition coefficient (Wildman–Crippen LogP) is 3.43. The van der Waals surface area contributed by atoms with Crippen LogP contribution in [0, 0.1) is 5.92 Å². The van der Waals surface area contributed by atoms with Crippen LogP contribution in [0.4, 0.5) is 4.79 Å². The van der Waals surface area contributed by atoms with Gasteiger partial charge in [0, 0.05) is 18.9 Å². The molecular weight excluding hydrogens is 262 g/mol. The lowest BCUT2D eigenvalue weighted by molar-refractivity contribution is 0.0449. The van der Waals surface area contributed by atoms with Crippen molar-refractivity contribution >= 4 is 23.4 Å². The van der Waals surface area contributed by atoms with Crippen molar-refractivity contribution in [3.05, 3.63) is 0 Å². The van der Waals surface area contributed by atoms with Gasteiger partial charge in [0.15, 0.2) is 5.05 Å². The predicted molar refractivity (Wildman–Crippen MR) is 79.3 cm³/mol. The molecule has 0 saturated heterocycles. The first kappa shape index (κ1) is 16.2. The van der Waals surface area contributed by atoms with Crippen molar-refractivity contribution in [2.45, 2.75) is 65.0 Å². The summed E-state index contributed by atoms with van der Waals surface area (Å²) in [4.78, 5) is 11.8. The molecule has 1 fully saturated rings. The van der Waals surface area contributed by atoms with Crippen molar-refractivity contribution in [1.29, 1.82) is 0 Å². The van der Waals surface area contributed by atoms with Crippen LogP contribution in [0.25, 0.3) is 0 Å². The second kappa shape index (κ2) is 7.08. The van der Waals surface area contributed by atoms with E-state index in [0.29, 0.717) is 17.6 Å². The van der Waals surface area contributed by atoms with Crippen LogP contribution >= 0.6 is 12.2 Å². The number of thiocarbonyl (C=S) groups is 1. The molecule has 0 aromatic rings. The summed E-state index contributed by atoms with van der Waals surface area (Å²) >= 11 is 4.93. The summed E-state index contributed by atoms with van der Waals surface area (Å²) in [5.41, 5.74) is -0.463. The molecule has 0 aliphatic heterocycles. The van der Waals surface area contributed by atoms with E-state index < -0.39 is 5.60 Å². The van der Waals surface area contributed by atoms with Gasteiger partial charge in [-0.25, -0.2) is 4.79 Å². The Morgan fingerprint density at radius 3 is 2.53 bits per heavy atom. The number of hydrogen-bond donors (Lipinski definition) is 1. The Bertz CT molecular complexity index is 325. The highest BCUT2D eigenvalue weighted by Gasteiger charge is 2.28. The van der Waals surface area contributed by atoms with Gasteiger partial charge in [-0.05, 0) is 45.8 Å². The molecule has 1 amide bonds. The van der Waals surface area contributed by atoms with Crippen LogP contribution in [0.5, 0.6) is 0 Å².